The van der Waals surface area contributed by atoms with Gasteiger partial charge in [0.05, 0.1) is 5.92 Å². The van der Waals surface area contributed by atoms with Gasteiger partial charge in [0, 0.05) is 41.2 Å². The third-order valence-corrected chi connectivity index (χ3v) is 5.48. The van der Waals surface area contributed by atoms with Gasteiger partial charge in [-0.25, -0.2) is 14.4 Å². The van der Waals surface area contributed by atoms with Gasteiger partial charge in [0.25, 0.3) is 0 Å². The number of nitrogens with one attached hydrogen (secondary N) is 1. The average molecular weight is 455 g/mol. The van der Waals surface area contributed by atoms with E-state index in [1.165, 1.54) is 12.1 Å². The van der Waals surface area contributed by atoms with Gasteiger partial charge >= 0.3 is 0 Å². The van der Waals surface area contributed by atoms with Crippen molar-refractivity contribution in [3.63, 3.8) is 0 Å². The second kappa shape index (κ2) is 8.69. The first-order chi connectivity index (χ1) is 14.1. The van der Waals surface area contributed by atoms with Crippen molar-refractivity contribution in [1.82, 2.24) is 9.97 Å². The van der Waals surface area contributed by atoms with E-state index in [1.54, 1.807) is 24.5 Å². The molecule has 2 heterocycles. The summed E-state index contributed by atoms with van der Waals surface area (Å²) in [5.41, 5.74) is 2.47. The fourth-order valence-electron chi connectivity index (χ4n) is 3.46. The number of aromatic nitrogens is 2. The maximum absolute atomic E-state index is 13.1. The van der Waals surface area contributed by atoms with E-state index in [1.807, 2.05) is 29.2 Å². The van der Waals surface area contributed by atoms with Crippen LogP contribution in [0.4, 0.5) is 16.0 Å². The van der Waals surface area contributed by atoms with E-state index >= 15 is 0 Å². The molecule has 148 valence electrons. The van der Waals surface area contributed by atoms with E-state index in [4.69, 9.17) is 0 Å². The molecular weight excluding hydrogens is 435 g/mol. The Morgan fingerprint density at radius 3 is 2.59 bits per heavy atom. The standard InChI is InChI=1S/C22H20BrFN4O/c23-18-4-1-5-20(11-18)27-21(29)16-3-2-10-28(14-16)22-25-12-17(13-26-22)15-6-8-19(24)9-7-15/h1,4-9,11-13,16H,2-3,10,14H2,(H,27,29)/t16-/m1/s1. The Labute approximate surface area is 177 Å². The molecule has 1 amide bonds. The molecule has 0 aliphatic carbocycles. The van der Waals surface area contributed by atoms with Crippen molar-refractivity contribution in [2.75, 3.05) is 23.3 Å². The number of hydrogen-bond acceptors (Lipinski definition) is 4. The minimum absolute atomic E-state index is 0.00994. The summed E-state index contributed by atoms with van der Waals surface area (Å²) in [5, 5.41) is 2.99. The summed E-state index contributed by atoms with van der Waals surface area (Å²) in [7, 11) is 0. The molecule has 2 aromatic carbocycles. The highest BCUT2D eigenvalue weighted by atomic mass is 79.9. The average Bonchev–Trinajstić information content (AvgIpc) is 2.74. The van der Waals surface area contributed by atoms with Crippen molar-refractivity contribution in [2.24, 2.45) is 5.92 Å². The summed E-state index contributed by atoms with van der Waals surface area (Å²) in [6, 6.07) is 13.8. The molecule has 7 heteroatoms. The molecule has 29 heavy (non-hydrogen) atoms. The first-order valence-electron chi connectivity index (χ1n) is 9.48. The van der Waals surface area contributed by atoms with Crippen LogP contribution in [-0.2, 0) is 4.79 Å². The van der Waals surface area contributed by atoms with Crippen molar-refractivity contribution in [2.45, 2.75) is 12.8 Å². The number of carbonyl (C=O) groups excluding carboxylic acids is 1. The Morgan fingerprint density at radius 2 is 1.86 bits per heavy atom. The third kappa shape index (κ3) is 4.79. The minimum atomic E-state index is -0.271. The smallest absolute Gasteiger partial charge is 0.229 e. The predicted octanol–water partition coefficient (Wildman–Crippen LogP) is 4.90. The molecule has 1 fully saturated rings. The number of nitrogens with zero attached hydrogens (tertiary/aromatic N) is 3. The topological polar surface area (TPSA) is 58.1 Å². The number of rotatable bonds is 4. The van der Waals surface area contributed by atoms with Crippen molar-refractivity contribution in [3.05, 3.63) is 71.2 Å². The highest BCUT2D eigenvalue weighted by molar-refractivity contribution is 9.10. The van der Waals surface area contributed by atoms with Gasteiger partial charge in [0.15, 0.2) is 0 Å². The Hall–Kier alpha value is -2.80. The lowest BCUT2D eigenvalue weighted by molar-refractivity contribution is -0.120. The van der Waals surface area contributed by atoms with Gasteiger partial charge in [-0.3, -0.25) is 4.79 Å². The van der Waals surface area contributed by atoms with Crippen molar-refractivity contribution in [1.29, 1.82) is 0 Å². The highest BCUT2D eigenvalue weighted by Gasteiger charge is 2.27. The third-order valence-electron chi connectivity index (χ3n) is 4.98. The van der Waals surface area contributed by atoms with E-state index in [0.29, 0.717) is 12.5 Å². The van der Waals surface area contributed by atoms with Crippen LogP contribution in [0.2, 0.25) is 0 Å². The van der Waals surface area contributed by atoms with Gasteiger partial charge < -0.3 is 10.2 Å². The quantitative estimate of drug-likeness (QED) is 0.608. The van der Waals surface area contributed by atoms with Crippen LogP contribution in [0.5, 0.6) is 0 Å². The lowest BCUT2D eigenvalue weighted by Crippen LogP contribution is -2.41. The maximum atomic E-state index is 13.1. The second-order valence-corrected chi connectivity index (χ2v) is 7.98. The number of halogens is 2. The molecule has 0 spiro atoms. The molecule has 4 rings (SSSR count). The molecule has 1 saturated heterocycles. The zero-order valence-electron chi connectivity index (χ0n) is 15.7. The SMILES string of the molecule is O=C(Nc1cccc(Br)c1)[C@@H]1CCCN(c2ncc(-c3ccc(F)cc3)cn2)C1. The first kappa shape index (κ1) is 19.5. The van der Waals surface area contributed by atoms with E-state index < -0.39 is 0 Å². The van der Waals surface area contributed by atoms with Crippen molar-refractivity contribution >= 4 is 33.5 Å². The molecule has 0 bridgehead atoms. The summed E-state index contributed by atoms with van der Waals surface area (Å²) in [5.74, 6) is 0.224. The van der Waals surface area contributed by atoms with Crippen LogP contribution in [0.1, 0.15) is 12.8 Å². The molecule has 3 aromatic rings. The molecule has 1 aliphatic rings. The lowest BCUT2D eigenvalue weighted by Gasteiger charge is -2.32. The number of benzene rings is 2. The van der Waals surface area contributed by atoms with Crippen LogP contribution < -0.4 is 10.2 Å². The number of carbonyl (C=O) groups is 1. The van der Waals surface area contributed by atoms with Crippen LogP contribution in [0.25, 0.3) is 11.1 Å². The molecule has 0 unspecified atom stereocenters. The molecule has 1 aromatic heterocycles. The Bertz CT molecular complexity index is 994. The summed E-state index contributed by atoms with van der Waals surface area (Å²) >= 11 is 3.42. The van der Waals surface area contributed by atoms with Gasteiger partial charge in [-0.15, -0.1) is 0 Å². The summed E-state index contributed by atoms with van der Waals surface area (Å²) in [6.07, 6.45) is 5.21. The van der Waals surface area contributed by atoms with Gasteiger partial charge in [0.2, 0.25) is 11.9 Å². The highest BCUT2D eigenvalue weighted by Crippen LogP contribution is 2.24. The van der Waals surface area contributed by atoms with Crippen LogP contribution in [0.3, 0.4) is 0 Å². The van der Waals surface area contributed by atoms with Gasteiger partial charge in [0.1, 0.15) is 5.82 Å². The van der Waals surface area contributed by atoms with Crippen LogP contribution in [0, 0.1) is 11.7 Å². The predicted molar refractivity (Wildman–Crippen MR) is 115 cm³/mol. The Kier molecular flexibility index (Phi) is 5.85. The molecule has 0 radical (unpaired) electrons. The largest absolute Gasteiger partial charge is 0.340 e. The molecule has 0 saturated carbocycles. The second-order valence-electron chi connectivity index (χ2n) is 7.06. The van der Waals surface area contributed by atoms with Gasteiger partial charge in [-0.05, 0) is 48.7 Å². The number of piperidine rings is 1. The summed E-state index contributed by atoms with van der Waals surface area (Å²) in [4.78, 5) is 23.7. The maximum Gasteiger partial charge on any atom is 0.229 e. The number of amides is 1. The molecule has 5 nitrogen and oxygen atoms in total. The molecular formula is C22H20BrFN4O. The Morgan fingerprint density at radius 1 is 1.10 bits per heavy atom. The molecule has 1 atom stereocenters. The fraction of sp³-hybridized carbons (Fsp3) is 0.227. The Balaban J connectivity index is 1.42. The summed E-state index contributed by atoms with van der Waals surface area (Å²) < 4.78 is 14.0. The van der Waals surface area contributed by atoms with Crippen LogP contribution in [-0.4, -0.2) is 29.0 Å². The number of anilines is 2. The zero-order chi connectivity index (χ0) is 20.2. The first-order valence-corrected chi connectivity index (χ1v) is 10.3. The fourth-order valence-corrected chi connectivity index (χ4v) is 3.86. The van der Waals surface area contributed by atoms with E-state index in [0.717, 1.165) is 40.7 Å². The molecule has 1 N–H and O–H groups in total. The van der Waals surface area contributed by atoms with E-state index in [-0.39, 0.29) is 17.6 Å². The van der Waals surface area contributed by atoms with Gasteiger partial charge in [-0.1, -0.05) is 34.1 Å². The van der Waals surface area contributed by atoms with Crippen molar-refractivity contribution in [3.8, 4) is 11.1 Å². The van der Waals surface area contributed by atoms with Crippen molar-refractivity contribution < 1.29 is 9.18 Å². The monoisotopic (exact) mass is 454 g/mol. The van der Waals surface area contributed by atoms with E-state index in [2.05, 4.69) is 31.2 Å². The molecule has 1 aliphatic heterocycles. The lowest BCUT2D eigenvalue weighted by atomic mass is 9.97. The zero-order valence-corrected chi connectivity index (χ0v) is 17.3. The normalized spacial score (nSPS) is 16.5. The minimum Gasteiger partial charge on any atom is -0.340 e. The van der Waals surface area contributed by atoms with Gasteiger partial charge in [-0.2, -0.15) is 0 Å². The summed E-state index contributed by atoms with van der Waals surface area (Å²) in [6.45, 7) is 1.40. The van der Waals surface area contributed by atoms with Crippen LogP contribution >= 0.6 is 15.9 Å². The van der Waals surface area contributed by atoms with E-state index in [9.17, 15) is 9.18 Å². The van der Waals surface area contributed by atoms with Crippen LogP contribution in [0.15, 0.2) is 65.4 Å². The number of hydrogen-bond donors (Lipinski definition) is 1.